The summed E-state index contributed by atoms with van der Waals surface area (Å²) in [6, 6.07) is -1.70. The van der Waals surface area contributed by atoms with Crippen LogP contribution in [0.15, 0.2) is 18.2 Å². The van der Waals surface area contributed by atoms with E-state index in [1.165, 1.54) is 6.92 Å². The molecule has 1 aromatic rings. The van der Waals surface area contributed by atoms with Crippen LogP contribution < -0.4 is 5.32 Å². The first-order chi connectivity index (χ1) is 11.0. The average molecular weight is 357 g/mol. The van der Waals surface area contributed by atoms with Gasteiger partial charge in [-0.3, -0.25) is 5.32 Å². The van der Waals surface area contributed by atoms with Crippen molar-refractivity contribution in [1.29, 1.82) is 0 Å². The third-order valence-electron chi connectivity index (χ3n) is 3.94. The van der Waals surface area contributed by atoms with Gasteiger partial charge in [0.05, 0.1) is 0 Å². The Hall–Kier alpha value is -1.31. The summed E-state index contributed by atoms with van der Waals surface area (Å²) in [5.41, 5.74) is -0.557. The normalized spacial score (nSPS) is 18.5. The van der Waals surface area contributed by atoms with E-state index in [9.17, 15) is 30.7 Å². The van der Waals surface area contributed by atoms with Gasteiger partial charge in [0.2, 0.25) is 5.92 Å². The molecule has 8 heteroatoms. The molecule has 136 valence electrons. The molecule has 1 aliphatic rings. The molecular weight excluding hydrogens is 339 g/mol. The lowest BCUT2D eigenvalue weighted by Gasteiger charge is -2.28. The minimum atomic E-state index is -4.83. The lowest BCUT2D eigenvalue weighted by molar-refractivity contribution is -0.161. The van der Waals surface area contributed by atoms with Crippen LogP contribution >= 0.6 is 0 Å². The van der Waals surface area contributed by atoms with Crippen molar-refractivity contribution in [3.05, 3.63) is 35.4 Å². The summed E-state index contributed by atoms with van der Waals surface area (Å²) in [7, 11) is 0. The number of rotatable bonds is 7. The van der Waals surface area contributed by atoms with E-state index in [-0.39, 0.29) is 12.3 Å². The minimum Gasteiger partial charge on any atom is -0.300 e. The van der Waals surface area contributed by atoms with Gasteiger partial charge in [0.25, 0.3) is 0 Å². The van der Waals surface area contributed by atoms with Gasteiger partial charge in [-0.25, -0.2) is 17.6 Å². The minimum absolute atomic E-state index is 0.0585. The molecule has 0 radical (unpaired) electrons. The van der Waals surface area contributed by atoms with Crippen molar-refractivity contribution in [3.8, 4) is 0 Å². The largest absolute Gasteiger partial charge is 0.407 e. The molecule has 2 rings (SSSR count). The van der Waals surface area contributed by atoms with Crippen LogP contribution in [0.4, 0.5) is 30.7 Å². The molecule has 1 saturated carbocycles. The standard InChI is InChI=1S/C16H18F7N/c1-9(7-15(19,20)8-10-2-3-10)24-14(16(21,22)23)11-4-5-12(17)13(18)6-11/h4-6,9-10,14,24H,2-3,7-8H2,1H3. The van der Waals surface area contributed by atoms with Crippen molar-refractivity contribution in [2.45, 2.75) is 56.8 Å². The van der Waals surface area contributed by atoms with E-state index >= 15 is 0 Å². The summed E-state index contributed by atoms with van der Waals surface area (Å²) in [5.74, 6) is -5.81. The maximum Gasteiger partial charge on any atom is 0.407 e. The van der Waals surface area contributed by atoms with E-state index < -0.39 is 47.8 Å². The van der Waals surface area contributed by atoms with Crippen LogP contribution in [0.3, 0.4) is 0 Å². The SMILES string of the molecule is CC(CC(F)(F)CC1CC1)NC(c1ccc(F)c(F)c1)C(F)(F)F. The number of alkyl halides is 5. The lowest BCUT2D eigenvalue weighted by Crippen LogP contribution is -2.42. The fourth-order valence-electron chi connectivity index (χ4n) is 2.69. The smallest absolute Gasteiger partial charge is 0.300 e. The Morgan fingerprint density at radius 1 is 1.08 bits per heavy atom. The Balaban J connectivity index is 2.09. The molecule has 0 heterocycles. The molecule has 0 amide bonds. The molecule has 0 bridgehead atoms. The first-order valence-electron chi connectivity index (χ1n) is 7.63. The highest BCUT2D eigenvalue weighted by molar-refractivity contribution is 5.22. The molecular formula is C16H18F7N. The summed E-state index contributed by atoms with van der Waals surface area (Å²) in [6.07, 6.45) is -4.47. The first-order valence-corrected chi connectivity index (χ1v) is 7.63. The summed E-state index contributed by atoms with van der Waals surface area (Å²) in [6.45, 7) is 1.22. The second kappa shape index (κ2) is 6.90. The van der Waals surface area contributed by atoms with Gasteiger partial charge < -0.3 is 0 Å². The number of halogens is 7. The monoisotopic (exact) mass is 357 g/mol. The number of benzene rings is 1. The van der Waals surface area contributed by atoms with Crippen LogP contribution in [0, 0.1) is 17.6 Å². The zero-order valence-electron chi connectivity index (χ0n) is 12.9. The number of nitrogens with one attached hydrogen (secondary N) is 1. The van der Waals surface area contributed by atoms with E-state index in [1.54, 1.807) is 0 Å². The van der Waals surface area contributed by atoms with Gasteiger partial charge in [-0.05, 0) is 43.4 Å². The van der Waals surface area contributed by atoms with E-state index in [1.807, 2.05) is 0 Å². The zero-order chi connectivity index (χ0) is 18.1. The van der Waals surface area contributed by atoms with Gasteiger partial charge in [-0.2, -0.15) is 13.2 Å². The van der Waals surface area contributed by atoms with Crippen LogP contribution in [-0.4, -0.2) is 18.1 Å². The van der Waals surface area contributed by atoms with Gasteiger partial charge in [0.1, 0.15) is 6.04 Å². The van der Waals surface area contributed by atoms with Crippen molar-refractivity contribution in [2.75, 3.05) is 0 Å². The van der Waals surface area contributed by atoms with Crippen molar-refractivity contribution < 1.29 is 30.7 Å². The van der Waals surface area contributed by atoms with Gasteiger partial charge in [-0.1, -0.05) is 6.07 Å². The molecule has 1 fully saturated rings. The van der Waals surface area contributed by atoms with Crippen LogP contribution in [0.25, 0.3) is 0 Å². The highest BCUT2D eigenvalue weighted by Gasteiger charge is 2.44. The summed E-state index contributed by atoms with van der Waals surface area (Å²) in [5, 5.41) is 2.08. The first kappa shape index (κ1) is 19.0. The van der Waals surface area contributed by atoms with E-state index in [0.29, 0.717) is 12.1 Å². The number of hydrogen-bond donors (Lipinski definition) is 1. The second-order valence-corrected chi connectivity index (χ2v) is 6.42. The molecule has 1 N–H and O–H groups in total. The van der Waals surface area contributed by atoms with Crippen molar-refractivity contribution in [2.24, 2.45) is 5.92 Å². The fourth-order valence-corrected chi connectivity index (χ4v) is 2.69. The quantitative estimate of drug-likeness (QED) is 0.647. The highest BCUT2D eigenvalue weighted by atomic mass is 19.4. The molecule has 0 spiro atoms. The Morgan fingerprint density at radius 2 is 1.71 bits per heavy atom. The zero-order valence-corrected chi connectivity index (χ0v) is 12.9. The summed E-state index contributed by atoms with van der Waals surface area (Å²) < 4.78 is 93.2. The van der Waals surface area contributed by atoms with Gasteiger partial charge in [0, 0.05) is 18.9 Å². The molecule has 2 unspecified atom stereocenters. The molecule has 1 nitrogen and oxygen atoms in total. The van der Waals surface area contributed by atoms with Gasteiger partial charge >= 0.3 is 6.18 Å². The van der Waals surface area contributed by atoms with Crippen LogP contribution in [0.1, 0.15) is 44.2 Å². The van der Waals surface area contributed by atoms with E-state index in [0.717, 1.165) is 18.9 Å². The predicted octanol–water partition coefficient (Wildman–Crippen LogP) is 5.37. The van der Waals surface area contributed by atoms with Crippen molar-refractivity contribution in [1.82, 2.24) is 5.32 Å². The highest BCUT2D eigenvalue weighted by Crippen LogP contribution is 2.41. The van der Waals surface area contributed by atoms with Crippen LogP contribution in [-0.2, 0) is 0 Å². The van der Waals surface area contributed by atoms with Crippen LogP contribution in [0.2, 0.25) is 0 Å². The Morgan fingerprint density at radius 3 is 2.21 bits per heavy atom. The molecule has 0 aliphatic heterocycles. The Kier molecular flexibility index (Phi) is 5.47. The van der Waals surface area contributed by atoms with Crippen molar-refractivity contribution >= 4 is 0 Å². The van der Waals surface area contributed by atoms with Gasteiger partial charge in [-0.15, -0.1) is 0 Å². The van der Waals surface area contributed by atoms with E-state index in [2.05, 4.69) is 5.32 Å². The Bertz CT molecular complexity index is 566. The fraction of sp³-hybridized carbons (Fsp3) is 0.625. The average Bonchev–Trinajstić information content (AvgIpc) is 3.20. The molecule has 2 atom stereocenters. The van der Waals surface area contributed by atoms with Gasteiger partial charge in [0.15, 0.2) is 11.6 Å². The number of hydrogen-bond acceptors (Lipinski definition) is 1. The second-order valence-electron chi connectivity index (χ2n) is 6.42. The summed E-state index contributed by atoms with van der Waals surface area (Å²) in [4.78, 5) is 0. The third-order valence-corrected chi connectivity index (χ3v) is 3.94. The molecule has 0 saturated heterocycles. The maximum absolute atomic E-state index is 13.8. The summed E-state index contributed by atoms with van der Waals surface area (Å²) >= 11 is 0. The lowest BCUT2D eigenvalue weighted by atomic mass is 10.0. The third kappa shape index (κ3) is 5.36. The Labute approximate surface area is 135 Å². The van der Waals surface area contributed by atoms with Crippen LogP contribution in [0.5, 0.6) is 0 Å². The molecule has 24 heavy (non-hydrogen) atoms. The predicted molar refractivity (Wildman–Crippen MR) is 74.7 cm³/mol. The molecule has 1 aromatic carbocycles. The molecule has 0 aromatic heterocycles. The van der Waals surface area contributed by atoms with Crippen molar-refractivity contribution in [3.63, 3.8) is 0 Å². The topological polar surface area (TPSA) is 12.0 Å². The maximum atomic E-state index is 13.8. The molecule has 1 aliphatic carbocycles. The van der Waals surface area contributed by atoms with E-state index in [4.69, 9.17) is 0 Å².